The van der Waals surface area contributed by atoms with Crippen molar-refractivity contribution < 1.29 is 9.84 Å². The van der Waals surface area contributed by atoms with Crippen LogP contribution >= 0.6 is 23.5 Å². The van der Waals surface area contributed by atoms with Crippen molar-refractivity contribution in [1.82, 2.24) is 0 Å². The molecular weight excluding hydrogens is 324 g/mol. The Labute approximate surface area is 149 Å². The number of rotatable bonds is 8. The summed E-state index contributed by atoms with van der Waals surface area (Å²) in [6.45, 7) is 5.35. The summed E-state index contributed by atoms with van der Waals surface area (Å²) in [7, 11) is 0. The molecule has 1 aliphatic rings. The smallest absolute Gasteiger partial charge is 0.0843 e. The second-order valence-electron chi connectivity index (χ2n) is 5.96. The number of aliphatic hydroxyl groups excluding tert-OH is 1. The first kappa shape index (κ1) is 18.9. The van der Waals surface area contributed by atoms with Gasteiger partial charge in [0.2, 0.25) is 0 Å². The van der Waals surface area contributed by atoms with Crippen LogP contribution in [0, 0.1) is 0 Å². The third kappa shape index (κ3) is 5.86. The Morgan fingerprint density at radius 3 is 2.65 bits per heavy atom. The molecule has 0 radical (unpaired) electrons. The van der Waals surface area contributed by atoms with Gasteiger partial charge in [0.25, 0.3) is 0 Å². The number of hydrogen-bond acceptors (Lipinski definition) is 4. The van der Waals surface area contributed by atoms with Crippen LogP contribution < -0.4 is 0 Å². The zero-order valence-electron chi connectivity index (χ0n) is 14.2. The first-order valence-corrected chi connectivity index (χ1v) is 10.4. The maximum atomic E-state index is 10.5. The van der Waals surface area contributed by atoms with Crippen molar-refractivity contribution in [2.24, 2.45) is 0 Å². The number of aliphatic hydroxyl groups is 1. The Kier molecular flexibility index (Phi) is 8.04. The second-order valence-corrected chi connectivity index (χ2v) is 9.00. The lowest BCUT2D eigenvalue weighted by Crippen LogP contribution is -2.33. The topological polar surface area (TPSA) is 29.5 Å². The molecule has 128 valence electrons. The lowest BCUT2D eigenvalue weighted by molar-refractivity contribution is 0.0243. The summed E-state index contributed by atoms with van der Waals surface area (Å²) >= 11 is 3.99. The van der Waals surface area contributed by atoms with E-state index in [1.165, 1.54) is 23.5 Å². The molecule has 0 saturated carbocycles. The Balaban J connectivity index is 1.87. The highest BCUT2D eigenvalue weighted by molar-refractivity contribution is 8.19. The summed E-state index contributed by atoms with van der Waals surface area (Å²) in [4.78, 5) is 0. The van der Waals surface area contributed by atoms with Gasteiger partial charge in [0.1, 0.15) is 0 Å². The first-order valence-electron chi connectivity index (χ1n) is 8.41. The normalized spacial score (nSPS) is 19.5. The standard InChI is InChI=1S/C19H28O2S2/c1-3-8-16(2)19(22-11-7-12-23-19)13-18(20)15-21-14-17-9-5-4-6-10-17/h4-6,8-10,18,20H,3,7,11-15H2,1-2H3/b16-8+/t18-/m1/s1. The summed E-state index contributed by atoms with van der Waals surface area (Å²) in [6, 6.07) is 10.1. The van der Waals surface area contributed by atoms with Crippen molar-refractivity contribution in [3.63, 3.8) is 0 Å². The van der Waals surface area contributed by atoms with E-state index in [0.717, 1.165) is 18.4 Å². The van der Waals surface area contributed by atoms with E-state index in [1.807, 2.05) is 41.7 Å². The van der Waals surface area contributed by atoms with Crippen LogP contribution in [0.2, 0.25) is 0 Å². The van der Waals surface area contributed by atoms with Gasteiger partial charge < -0.3 is 9.84 Å². The summed E-state index contributed by atoms with van der Waals surface area (Å²) < 4.78 is 5.75. The molecule has 1 saturated heterocycles. The maximum absolute atomic E-state index is 10.5. The Morgan fingerprint density at radius 1 is 1.30 bits per heavy atom. The molecule has 1 aromatic rings. The molecule has 0 aromatic heterocycles. The Bertz CT molecular complexity index is 481. The molecule has 2 rings (SSSR count). The molecule has 4 heteroatoms. The number of ether oxygens (including phenoxy) is 1. The van der Waals surface area contributed by atoms with Crippen molar-refractivity contribution in [3.05, 3.63) is 47.5 Å². The quantitative estimate of drug-likeness (QED) is 0.676. The molecule has 1 heterocycles. The highest BCUT2D eigenvalue weighted by atomic mass is 32.2. The van der Waals surface area contributed by atoms with Crippen LogP contribution in [-0.2, 0) is 11.3 Å². The predicted octanol–water partition coefficient (Wildman–Crippen LogP) is 4.88. The molecule has 23 heavy (non-hydrogen) atoms. The summed E-state index contributed by atoms with van der Waals surface area (Å²) in [5.41, 5.74) is 2.55. The SMILES string of the molecule is CC/C=C(\C)C1(C[C@@H](O)COCc2ccccc2)SCCCS1. The molecule has 0 bridgehead atoms. The summed E-state index contributed by atoms with van der Waals surface area (Å²) in [5, 5.41) is 10.5. The van der Waals surface area contributed by atoms with Gasteiger partial charge in [0.05, 0.1) is 23.4 Å². The van der Waals surface area contributed by atoms with Crippen LogP contribution in [0.3, 0.4) is 0 Å². The molecule has 1 atom stereocenters. The lowest BCUT2D eigenvalue weighted by atomic mass is 10.1. The van der Waals surface area contributed by atoms with E-state index >= 15 is 0 Å². The molecule has 1 aromatic carbocycles. The largest absolute Gasteiger partial charge is 0.391 e. The molecule has 0 amide bonds. The summed E-state index contributed by atoms with van der Waals surface area (Å²) in [6.07, 6.45) is 4.96. The summed E-state index contributed by atoms with van der Waals surface area (Å²) in [5.74, 6) is 2.36. The van der Waals surface area contributed by atoms with Gasteiger partial charge in [-0.3, -0.25) is 0 Å². The first-order chi connectivity index (χ1) is 11.2. The van der Waals surface area contributed by atoms with E-state index in [-0.39, 0.29) is 4.08 Å². The molecule has 0 spiro atoms. The molecular formula is C19H28O2S2. The third-order valence-electron chi connectivity index (χ3n) is 4.00. The van der Waals surface area contributed by atoms with Crippen molar-refractivity contribution in [2.45, 2.75) is 49.9 Å². The number of allylic oxidation sites excluding steroid dienone is 1. The highest BCUT2D eigenvalue weighted by Gasteiger charge is 2.37. The van der Waals surface area contributed by atoms with Crippen molar-refractivity contribution in [2.75, 3.05) is 18.1 Å². The number of benzene rings is 1. The van der Waals surface area contributed by atoms with E-state index in [2.05, 4.69) is 32.1 Å². The van der Waals surface area contributed by atoms with Crippen LogP contribution in [-0.4, -0.2) is 33.4 Å². The molecule has 1 aliphatic heterocycles. The molecule has 0 unspecified atom stereocenters. The van der Waals surface area contributed by atoms with Crippen LogP contribution in [0.5, 0.6) is 0 Å². The lowest BCUT2D eigenvalue weighted by Gasteiger charge is -2.38. The van der Waals surface area contributed by atoms with Gasteiger partial charge in [-0.05, 0) is 36.8 Å². The minimum atomic E-state index is -0.419. The number of thioether (sulfide) groups is 2. The molecule has 1 N–H and O–H groups in total. The molecule has 2 nitrogen and oxygen atoms in total. The zero-order valence-corrected chi connectivity index (χ0v) is 15.8. The molecule has 0 aliphatic carbocycles. The van der Waals surface area contributed by atoms with Gasteiger partial charge >= 0.3 is 0 Å². The zero-order chi connectivity index (χ0) is 16.5. The van der Waals surface area contributed by atoms with Crippen molar-refractivity contribution in [1.29, 1.82) is 0 Å². The van der Waals surface area contributed by atoms with Crippen LogP contribution in [0.4, 0.5) is 0 Å². The Hall–Kier alpha value is -0.420. The van der Waals surface area contributed by atoms with Crippen LogP contribution in [0.25, 0.3) is 0 Å². The van der Waals surface area contributed by atoms with Gasteiger partial charge in [-0.15, -0.1) is 23.5 Å². The van der Waals surface area contributed by atoms with Crippen molar-refractivity contribution >= 4 is 23.5 Å². The van der Waals surface area contributed by atoms with Gasteiger partial charge in [-0.2, -0.15) is 0 Å². The maximum Gasteiger partial charge on any atom is 0.0843 e. The van der Waals surface area contributed by atoms with E-state index in [4.69, 9.17) is 4.74 Å². The monoisotopic (exact) mass is 352 g/mol. The van der Waals surface area contributed by atoms with E-state index in [9.17, 15) is 5.11 Å². The van der Waals surface area contributed by atoms with E-state index in [1.54, 1.807) is 0 Å². The third-order valence-corrected chi connectivity index (χ3v) is 7.60. The van der Waals surface area contributed by atoms with E-state index < -0.39 is 6.10 Å². The van der Waals surface area contributed by atoms with Gasteiger partial charge in [-0.25, -0.2) is 0 Å². The average molecular weight is 353 g/mol. The van der Waals surface area contributed by atoms with Crippen LogP contribution in [0.1, 0.15) is 38.7 Å². The molecule has 1 fully saturated rings. The van der Waals surface area contributed by atoms with E-state index in [0.29, 0.717) is 13.2 Å². The fraction of sp³-hybridized carbons (Fsp3) is 0.579. The van der Waals surface area contributed by atoms with Gasteiger partial charge in [0.15, 0.2) is 0 Å². The van der Waals surface area contributed by atoms with Crippen LogP contribution in [0.15, 0.2) is 42.0 Å². The highest BCUT2D eigenvalue weighted by Crippen LogP contribution is 2.50. The minimum absolute atomic E-state index is 0.0315. The Morgan fingerprint density at radius 2 is 2.00 bits per heavy atom. The fourth-order valence-corrected chi connectivity index (χ4v) is 6.29. The van der Waals surface area contributed by atoms with Gasteiger partial charge in [0, 0.05) is 6.42 Å². The number of hydrogen-bond donors (Lipinski definition) is 1. The fourth-order valence-electron chi connectivity index (χ4n) is 2.80. The minimum Gasteiger partial charge on any atom is -0.391 e. The van der Waals surface area contributed by atoms with Gasteiger partial charge in [-0.1, -0.05) is 48.9 Å². The second kappa shape index (κ2) is 9.77. The van der Waals surface area contributed by atoms with Crippen molar-refractivity contribution in [3.8, 4) is 0 Å². The average Bonchev–Trinajstić information content (AvgIpc) is 2.57. The predicted molar refractivity (Wildman–Crippen MR) is 103 cm³/mol.